The summed E-state index contributed by atoms with van der Waals surface area (Å²) in [7, 11) is -4.63. The molecule has 1 atom stereocenters. The Morgan fingerprint density at radius 2 is 1.24 bits per heavy atom. The molecule has 0 aromatic heterocycles. The molecule has 0 aromatic carbocycles. The number of aliphatic hydroxyl groups is 3. The lowest BCUT2D eigenvalue weighted by Crippen LogP contribution is -2.41. The van der Waals surface area contributed by atoms with Crippen LogP contribution in [0.1, 0.15) is 84.0 Å². The lowest BCUT2D eigenvalue weighted by atomic mass is 9.93. The SMILES string of the molecule is CCCCCCCCCCCCCC(C(=O)OCC(CO)(CO)CO)S(=O)(=O)O. The van der Waals surface area contributed by atoms with E-state index in [0.717, 1.165) is 25.7 Å². The molecule has 8 nitrogen and oxygen atoms in total. The summed E-state index contributed by atoms with van der Waals surface area (Å²) in [5.74, 6) is -1.14. The van der Waals surface area contributed by atoms with Crippen LogP contribution in [-0.4, -0.2) is 65.9 Å². The second-order valence-corrected chi connectivity index (χ2v) is 9.51. The minimum absolute atomic E-state index is 0.0565. The van der Waals surface area contributed by atoms with Gasteiger partial charge in [0.15, 0.2) is 5.25 Å². The van der Waals surface area contributed by atoms with E-state index in [0.29, 0.717) is 6.42 Å². The lowest BCUT2D eigenvalue weighted by Gasteiger charge is -2.27. The maximum atomic E-state index is 12.1. The van der Waals surface area contributed by atoms with Crippen molar-refractivity contribution in [2.45, 2.75) is 89.2 Å². The second-order valence-electron chi connectivity index (χ2n) is 7.91. The van der Waals surface area contributed by atoms with E-state index >= 15 is 0 Å². The van der Waals surface area contributed by atoms with Crippen LogP contribution in [0.25, 0.3) is 0 Å². The van der Waals surface area contributed by atoms with Crippen molar-refractivity contribution >= 4 is 16.1 Å². The zero-order chi connectivity index (χ0) is 22.2. The van der Waals surface area contributed by atoms with Gasteiger partial charge in [0.25, 0.3) is 10.1 Å². The number of hydrogen-bond acceptors (Lipinski definition) is 7. The van der Waals surface area contributed by atoms with Gasteiger partial charge in [-0.1, -0.05) is 77.6 Å². The highest BCUT2D eigenvalue weighted by atomic mass is 32.2. The Morgan fingerprint density at radius 3 is 1.62 bits per heavy atom. The smallest absolute Gasteiger partial charge is 0.326 e. The molecule has 0 aromatic rings. The first-order valence-corrected chi connectivity index (χ1v) is 12.2. The van der Waals surface area contributed by atoms with Crippen molar-refractivity contribution in [3.8, 4) is 0 Å². The van der Waals surface area contributed by atoms with Gasteiger partial charge >= 0.3 is 5.97 Å². The van der Waals surface area contributed by atoms with Gasteiger partial charge < -0.3 is 20.1 Å². The zero-order valence-electron chi connectivity index (χ0n) is 17.7. The number of unbranched alkanes of at least 4 members (excludes halogenated alkanes) is 10. The van der Waals surface area contributed by atoms with Crippen LogP contribution < -0.4 is 0 Å². The normalized spacial score (nSPS) is 13.4. The van der Waals surface area contributed by atoms with Gasteiger partial charge in [0.1, 0.15) is 6.61 Å². The monoisotopic (exact) mass is 440 g/mol. The fourth-order valence-electron chi connectivity index (χ4n) is 2.99. The zero-order valence-corrected chi connectivity index (χ0v) is 18.5. The molecule has 174 valence electrons. The summed E-state index contributed by atoms with van der Waals surface area (Å²) in [6.45, 7) is -0.258. The Balaban J connectivity index is 4.20. The molecule has 0 fully saturated rings. The van der Waals surface area contributed by atoms with Crippen molar-refractivity contribution in [3.05, 3.63) is 0 Å². The summed E-state index contributed by atoms with van der Waals surface area (Å²) < 4.78 is 37.2. The summed E-state index contributed by atoms with van der Waals surface area (Å²) in [4.78, 5) is 12.1. The van der Waals surface area contributed by atoms with E-state index in [1.54, 1.807) is 0 Å². The van der Waals surface area contributed by atoms with E-state index < -0.39 is 53.2 Å². The molecular weight excluding hydrogens is 400 g/mol. The summed E-state index contributed by atoms with van der Waals surface area (Å²) in [5, 5.41) is 26.0. The molecule has 0 aliphatic carbocycles. The summed E-state index contributed by atoms with van der Waals surface area (Å²) >= 11 is 0. The molecule has 4 N–H and O–H groups in total. The van der Waals surface area contributed by atoms with Gasteiger partial charge in [-0.3, -0.25) is 9.35 Å². The Morgan fingerprint density at radius 1 is 0.828 bits per heavy atom. The molecule has 0 saturated heterocycles. The van der Waals surface area contributed by atoms with E-state index in [-0.39, 0.29) is 6.42 Å². The van der Waals surface area contributed by atoms with Crippen molar-refractivity contribution in [3.63, 3.8) is 0 Å². The molecule has 0 spiro atoms. The maximum absolute atomic E-state index is 12.1. The fraction of sp³-hybridized carbons (Fsp3) is 0.950. The van der Waals surface area contributed by atoms with Crippen LogP contribution >= 0.6 is 0 Å². The summed E-state index contributed by atoms with van der Waals surface area (Å²) in [6, 6.07) is 0. The Hall–Kier alpha value is -0.740. The Bertz CT molecular complexity index is 508. The van der Waals surface area contributed by atoms with Crippen molar-refractivity contribution in [2.75, 3.05) is 26.4 Å². The average Bonchev–Trinajstić information content (AvgIpc) is 2.69. The molecule has 1 unspecified atom stereocenters. The molecule has 0 aliphatic heterocycles. The van der Waals surface area contributed by atoms with Gasteiger partial charge in [0.05, 0.1) is 25.2 Å². The third kappa shape index (κ3) is 12.5. The number of ether oxygens (including phenoxy) is 1. The molecule has 29 heavy (non-hydrogen) atoms. The molecule has 0 aliphatic rings. The first kappa shape index (κ1) is 28.3. The van der Waals surface area contributed by atoms with Crippen LogP contribution in [0.3, 0.4) is 0 Å². The van der Waals surface area contributed by atoms with Gasteiger partial charge in [-0.15, -0.1) is 0 Å². The first-order valence-electron chi connectivity index (χ1n) is 10.7. The van der Waals surface area contributed by atoms with E-state index in [9.17, 15) is 33.1 Å². The predicted molar refractivity (Wildman–Crippen MR) is 111 cm³/mol. The van der Waals surface area contributed by atoms with Crippen LogP contribution in [0.15, 0.2) is 0 Å². The van der Waals surface area contributed by atoms with Gasteiger partial charge in [-0.25, -0.2) is 0 Å². The molecular formula is C20H40O8S. The topological polar surface area (TPSA) is 141 Å². The Kier molecular flexibility index (Phi) is 15.6. The van der Waals surface area contributed by atoms with Crippen LogP contribution in [-0.2, 0) is 19.6 Å². The third-order valence-corrected chi connectivity index (χ3v) is 6.37. The number of aliphatic hydroxyl groups excluding tert-OH is 3. The minimum Gasteiger partial charge on any atom is -0.464 e. The number of esters is 1. The molecule has 0 amide bonds. The highest BCUT2D eigenvalue weighted by molar-refractivity contribution is 7.87. The number of carbonyl (C=O) groups excluding carboxylic acids is 1. The number of hydrogen-bond donors (Lipinski definition) is 4. The molecule has 9 heteroatoms. The van der Waals surface area contributed by atoms with Gasteiger partial charge in [-0.2, -0.15) is 8.42 Å². The average molecular weight is 441 g/mol. The summed E-state index contributed by atoms with van der Waals surface area (Å²) in [5.41, 5.74) is -1.45. The van der Waals surface area contributed by atoms with E-state index in [1.807, 2.05) is 0 Å². The first-order chi connectivity index (χ1) is 13.8. The van der Waals surface area contributed by atoms with Crippen LogP contribution in [0.4, 0.5) is 0 Å². The van der Waals surface area contributed by atoms with Gasteiger partial charge in [-0.05, 0) is 6.42 Å². The van der Waals surface area contributed by atoms with Crippen molar-refractivity contribution in [1.82, 2.24) is 0 Å². The standard InChI is InChI=1S/C20H40O8S/c1-2-3-4-5-6-7-8-9-10-11-12-13-18(29(25,26)27)19(24)28-17-20(14-21,15-22)16-23/h18,21-23H,2-17H2,1H3,(H,25,26,27). The molecule has 0 saturated carbocycles. The molecule has 0 radical (unpaired) electrons. The molecule has 0 rings (SSSR count). The third-order valence-electron chi connectivity index (χ3n) is 5.22. The van der Waals surface area contributed by atoms with Gasteiger partial charge in [0.2, 0.25) is 0 Å². The molecule has 0 heterocycles. The Labute approximate surface area is 175 Å². The van der Waals surface area contributed by atoms with E-state index in [2.05, 4.69) is 6.92 Å². The van der Waals surface area contributed by atoms with Crippen LogP contribution in [0.2, 0.25) is 0 Å². The highest BCUT2D eigenvalue weighted by Gasteiger charge is 2.35. The highest BCUT2D eigenvalue weighted by Crippen LogP contribution is 2.19. The molecule has 0 bridgehead atoms. The maximum Gasteiger partial charge on any atom is 0.326 e. The second kappa shape index (κ2) is 16.0. The van der Waals surface area contributed by atoms with Crippen LogP contribution in [0.5, 0.6) is 0 Å². The van der Waals surface area contributed by atoms with Crippen molar-refractivity contribution in [2.24, 2.45) is 5.41 Å². The fourth-order valence-corrected chi connectivity index (χ4v) is 3.76. The van der Waals surface area contributed by atoms with Crippen LogP contribution in [0, 0.1) is 5.41 Å². The van der Waals surface area contributed by atoms with E-state index in [4.69, 9.17) is 4.74 Å². The lowest BCUT2D eigenvalue weighted by molar-refractivity contribution is -0.151. The quantitative estimate of drug-likeness (QED) is 0.136. The minimum atomic E-state index is -4.63. The van der Waals surface area contributed by atoms with E-state index in [1.165, 1.54) is 38.5 Å². The largest absolute Gasteiger partial charge is 0.464 e. The summed E-state index contributed by atoms with van der Waals surface area (Å²) in [6.07, 6.45) is 11.8. The predicted octanol–water partition coefficient (Wildman–Crippen LogP) is 2.45. The van der Waals surface area contributed by atoms with Crippen molar-refractivity contribution < 1.29 is 37.8 Å². The van der Waals surface area contributed by atoms with Crippen molar-refractivity contribution in [1.29, 1.82) is 0 Å². The number of rotatable bonds is 19. The van der Waals surface area contributed by atoms with Gasteiger partial charge in [0, 0.05) is 0 Å². The number of carbonyl (C=O) groups is 1.